The van der Waals surface area contributed by atoms with Crippen molar-refractivity contribution in [3.05, 3.63) is 41.8 Å². The Balaban J connectivity index is 2.23. The summed E-state index contributed by atoms with van der Waals surface area (Å²) in [6, 6.07) is 8.10. The Kier molecular flexibility index (Phi) is 2.80. The summed E-state index contributed by atoms with van der Waals surface area (Å²) in [5.41, 5.74) is 1.40. The van der Waals surface area contributed by atoms with Gasteiger partial charge in [-0.25, -0.2) is 0 Å². The molecule has 0 aliphatic carbocycles. The van der Waals surface area contributed by atoms with Gasteiger partial charge in [0.1, 0.15) is 0 Å². The topological polar surface area (TPSA) is 12.0 Å². The van der Waals surface area contributed by atoms with Crippen molar-refractivity contribution in [2.45, 2.75) is 18.3 Å². The van der Waals surface area contributed by atoms with Gasteiger partial charge in [-0.1, -0.05) is 23.7 Å². The zero-order valence-corrected chi connectivity index (χ0v) is 8.98. The highest BCUT2D eigenvalue weighted by atomic mass is 35.5. The van der Waals surface area contributed by atoms with E-state index in [0.29, 0.717) is 0 Å². The van der Waals surface area contributed by atoms with Crippen LogP contribution in [0.2, 0.25) is 5.02 Å². The van der Waals surface area contributed by atoms with Crippen LogP contribution >= 0.6 is 11.6 Å². The third-order valence-corrected chi connectivity index (χ3v) is 3.27. The molecule has 0 atom stereocenters. The van der Waals surface area contributed by atoms with Crippen molar-refractivity contribution in [1.82, 2.24) is 5.32 Å². The van der Waals surface area contributed by atoms with Crippen molar-refractivity contribution >= 4 is 11.6 Å². The summed E-state index contributed by atoms with van der Waals surface area (Å²) in [6.07, 6.45) is 2.21. The van der Waals surface area contributed by atoms with Crippen LogP contribution in [0.25, 0.3) is 0 Å². The molecule has 1 aliphatic rings. The number of hydrogen-bond acceptors (Lipinski definition) is 1. The number of hydrogen-bond donors (Lipinski definition) is 1. The molecule has 75 valence electrons. The second kappa shape index (κ2) is 3.92. The quantitative estimate of drug-likeness (QED) is 0.749. The van der Waals surface area contributed by atoms with Gasteiger partial charge < -0.3 is 5.32 Å². The summed E-state index contributed by atoms with van der Waals surface area (Å²) in [7, 11) is 0. The number of benzene rings is 1. The fourth-order valence-electron chi connectivity index (χ4n) is 2.00. The van der Waals surface area contributed by atoms with E-state index >= 15 is 0 Å². The van der Waals surface area contributed by atoms with E-state index in [1.807, 2.05) is 12.1 Å². The van der Waals surface area contributed by atoms with E-state index in [9.17, 15) is 0 Å². The molecule has 0 amide bonds. The van der Waals surface area contributed by atoms with Crippen LogP contribution in [0.4, 0.5) is 0 Å². The zero-order chi connectivity index (χ0) is 10.0. The first-order valence-corrected chi connectivity index (χ1v) is 5.41. The fourth-order valence-corrected chi connectivity index (χ4v) is 2.12. The van der Waals surface area contributed by atoms with Crippen LogP contribution in [0, 0.1) is 6.92 Å². The van der Waals surface area contributed by atoms with Gasteiger partial charge in [0.25, 0.3) is 0 Å². The Labute approximate surface area is 90.5 Å². The molecule has 1 aromatic carbocycles. The van der Waals surface area contributed by atoms with Crippen molar-refractivity contribution < 1.29 is 0 Å². The minimum absolute atomic E-state index is 0.0931. The molecule has 1 heterocycles. The second-order valence-corrected chi connectivity index (χ2v) is 4.47. The molecule has 1 nitrogen and oxygen atoms in total. The van der Waals surface area contributed by atoms with Crippen LogP contribution in [0.5, 0.6) is 0 Å². The van der Waals surface area contributed by atoms with Gasteiger partial charge in [-0.3, -0.25) is 0 Å². The smallest absolute Gasteiger partial charge is 0.0406 e. The molecule has 0 saturated carbocycles. The number of halogens is 1. The van der Waals surface area contributed by atoms with E-state index < -0.39 is 0 Å². The van der Waals surface area contributed by atoms with E-state index in [-0.39, 0.29) is 5.41 Å². The van der Waals surface area contributed by atoms with Crippen molar-refractivity contribution in [3.63, 3.8) is 0 Å². The lowest BCUT2D eigenvalue weighted by molar-refractivity contribution is 0.370. The molecule has 2 heteroatoms. The average Bonchev–Trinajstić information content (AvgIpc) is 2.19. The molecule has 0 aromatic heterocycles. The van der Waals surface area contributed by atoms with Crippen molar-refractivity contribution in [2.24, 2.45) is 0 Å². The molecule has 1 aliphatic heterocycles. The van der Waals surface area contributed by atoms with Gasteiger partial charge in [0, 0.05) is 5.02 Å². The maximum atomic E-state index is 5.86. The lowest BCUT2D eigenvalue weighted by Crippen LogP contribution is -2.37. The SMILES string of the molecule is [CH2]C1(c2ccc(Cl)cc2)CCNCC1. The summed E-state index contributed by atoms with van der Waals surface area (Å²) in [4.78, 5) is 0. The van der Waals surface area contributed by atoms with Crippen LogP contribution in [0.15, 0.2) is 24.3 Å². The lowest BCUT2D eigenvalue weighted by Gasteiger charge is -2.34. The van der Waals surface area contributed by atoms with Gasteiger partial charge in [-0.05, 0) is 56.0 Å². The third kappa shape index (κ3) is 1.94. The first kappa shape index (κ1) is 10.0. The zero-order valence-electron chi connectivity index (χ0n) is 8.22. The summed E-state index contributed by atoms with van der Waals surface area (Å²) in [5, 5.41) is 4.15. The molecule has 0 unspecified atom stereocenters. The average molecular weight is 209 g/mol. The van der Waals surface area contributed by atoms with E-state index in [2.05, 4.69) is 24.4 Å². The number of rotatable bonds is 1. The maximum Gasteiger partial charge on any atom is 0.0406 e. The maximum absolute atomic E-state index is 5.86. The summed E-state index contributed by atoms with van der Waals surface area (Å²) >= 11 is 5.86. The Morgan fingerprint density at radius 2 is 1.71 bits per heavy atom. The molecule has 1 aromatic rings. The summed E-state index contributed by atoms with van der Waals surface area (Å²) in [6.45, 7) is 6.47. The van der Waals surface area contributed by atoms with Gasteiger partial charge in [-0.2, -0.15) is 0 Å². The monoisotopic (exact) mass is 208 g/mol. The largest absolute Gasteiger partial charge is 0.317 e. The molecule has 0 spiro atoms. The van der Waals surface area contributed by atoms with Crippen LogP contribution < -0.4 is 5.32 Å². The van der Waals surface area contributed by atoms with Crippen LogP contribution in [0.3, 0.4) is 0 Å². The minimum Gasteiger partial charge on any atom is -0.317 e. The van der Waals surface area contributed by atoms with Gasteiger partial charge in [0.2, 0.25) is 0 Å². The first-order valence-electron chi connectivity index (χ1n) is 5.03. The Morgan fingerprint density at radius 1 is 1.14 bits per heavy atom. The van der Waals surface area contributed by atoms with Crippen LogP contribution in [-0.2, 0) is 5.41 Å². The normalized spacial score (nSPS) is 20.7. The number of nitrogens with one attached hydrogen (secondary N) is 1. The van der Waals surface area contributed by atoms with Crippen molar-refractivity contribution in [3.8, 4) is 0 Å². The Morgan fingerprint density at radius 3 is 2.29 bits per heavy atom. The second-order valence-electron chi connectivity index (χ2n) is 4.04. The van der Waals surface area contributed by atoms with Gasteiger partial charge in [-0.15, -0.1) is 0 Å². The predicted molar refractivity (Wildman–Crippen MR) is 60.6 cm³/mol. The summed E-state index contributed by atoms with van der Waals surface area (Å²) in [5.74, 6) is 0. The molecule has 1 fully saturated rings. The molecule has 0 bridgehead atoms. The minimum atomic E-state index is 0.0931. The van der Waals surface area contributed by atoms with E-state index in [4.69, 9.17) is 11.6 Å². The van der Waals surface area contributed by atoms with E-state index in [0.717, 1.165) is 31.0 Å². The molecule has 1 radical (unpaired) electrons. The molecular formula is C12H15ClN. The molecule has 14 heavy (non-hydrogen) atoms. The van der Waals surface area contributed by atoms with Gasteiger partial charge >= 0.3 is 0 Å². The van der Waals surface area contributed by atoms with E-state index in [1.165, 1.54) is 5.56 Å². The van der Waals surface area contributed by atoms with Crippen LogP contribution in [-0.4, -0.2) is 13.1 Å². The predicted octanol–water partition coefficient (Wildman–Crippen LogP) is 2.80. The van der Waals surface area contributed by atoms with E-state index in [1.54, 1.807) is 0 Å². The third-order valence-electron chi connectivity index (χ3n) is 3.02. The number of piperidine rings is 1. The Hall–Kier alpha value is -0.530. The highest BCUT2D eigenvalue weighted by Gasteiger charge is 2.28. The Bertz CT molecular complexity index is 299. The highest BCUT2D eigenvalue weighted by Crippen LogP contribution is 2.32. The molecule has 1 N–H and O–H groups in total. The fraction of sp³-hybridized carbons (Fsp3) is 0.417. The molecular weight excluding hydrogens is 194 g/mol. The molecule has 1 saturated heterocycles. The highest BCUT2D eigenvalue weighted by molar-refractivity contribution is 6.30. The first-order chi connectivity index (χ1) is 6.71. The van der Waals surface area contributed by atoms with Gasteiger partial charge in [0.15, 0.2) is 0 Å². The standard InChI is InChI=1S/C12H15ClN/c1-12(6-8-14-9-7-12)10-2-4-11(13)5-3-10/h2-5,14H,1,6-9H2. The van der Waals surface area contributed by atoms with Crippen molar-refractivity contribution in [1.29, 1.82) is 0 Å². The van der Waals surface area contributed by atoms with Gasteiger partial charge in [0.05, 0.1) is 0 Å². The van der Waals surface area contributed by atoms with Crippen LogP contribution in [0.1, 0.15) is 18.4 Å². The lowest BCUT2D eigenvalue weighted by atomic mass is 9.75. The van der Waals surface area contributed by atoms with Crippen molar-refractivity contribution in [2.75, 3.05) is 13.1 Å². The molecule has 2 rings (SSSR count). The summed E-state index contributed by atoms with van der Waals surface area (Å²) < 4.78 is 0.